The average molecular weight is 206 g/mol. The molecule has 0 bridgehead atoms. The van der Waals surface area contributed by atoms with E-state index in [0.29, 0.717) is 6.42 Å². The number of rotatable bonds is 6. The Hall–Kier alpha value is -0.0900. The van der Waals surface area contributed by atoms with Crippen molar-refractivity contribution in [2.24, 2.45) is 0 Å². The van der Waals surface area contributed by atoms with E-state index >= 15 is 0 Å². The summed E-state index contributed by atoms with van der Waals surface area (Å²) in [6, 6.07) is 0. The molecule has 1 N–H and O–H groups in total. The van der Waals surface area contributed by atoms with Crippen molar-refractivity contribution in [1.29, 1.82) is 0 Å². The molecule has 0 aromatic carbocycles. The number of hydrogen-bond donors (Lipinski definition) is 1. The molecule has 0 rings (SSSR count). The molecule has 0 aromatic heterocycles. The van der Waals surface area contributed by atoms with E-state index in [1.165, 1.54) is 23.5 Å². The van der Waals surface area contributed by atoms with Crippen molar-refractivity contribution in [2.45, 2.75) is 16.9 Å². The van der Waals surface area contributed by atoms with E-state index in [4.69, 9.17) is 5.11 Å². The van der Waals surface area contributed by atoms with Crippen LogP contribution >= 0.6 is 23.5 Å². The van der Waals surface area contributed by atoms with E-state index < -0.39 is 10.0 Å². The number of carbonyl (C=O) groups is 1. The molecule has 0 aliphatic carbocycles. The van der Waals surface area contributed by atoms with Gasteiger partial charge in [-0.15, -0.1) is 30.1 Å². The number of allylic oxidation sites excluding steroid dienone is 1. The van der Waals surface area contributed by atoms with Crippen LogP contribution in [0.1, 0.15) is 12.8 Å². The Labute approximate surface area is 81.8 Å². The second-order valence-corrected chi connectivity index (χ2v) is 4.76. The Morgan fingerprint density at radius 3 is 2.33 bits per heavy atom. The molecule has 0 aromatic rings. The molecule has 12 heavy (non-hydrogen) atoms. The van der Waals surface area contributed by atoms with Crippen molar-refractivity contribution in [3.63, 3.8) is 0 Å². The van der Waals surface area contributed by atoms with Gasteiger partial charge in [-0.1, -0.05) is 6.08 Å². The van der Waals surface area contributed by atoms with Crippen molar-refractivity contribution in [1.82, 2.24) is 0 Å². The summed E-state index contributed by atoms with van der Waals surface area (Å²) in [7, 11) is 0. The maximum absolute atomic E-state index is 10.9. The van der Waals surface area contributed by atoms with Crippen LogP contribution in [0.5, 0.6) is 0 Å². The molecular weight excluding hydrogens is 192 g/mol. The van der Waals surface area contributed by atoms with Crippen LogP contribution in [-0.2, 0) is 4.79 Å². The third-order valence-electron chi connectivity index (χ3n) is 1.66. The molecule has 2 nitrogen and oxygen atoms in total. The summed E-state index contributed by atoms with van der Waals surface area (Å²) in [5.74, 6) is -0.746. The lowest BCUT2D eigenvalue weighted by Crippen LogP contribution is -2.30. The quantitative estimate of drug-likeness (QED) is 0.535. The SMILES string of the molecule is C=CCCC(SC)(SC)C(=O)O. The number of carboxylic acid groups (broad SMARTS) is 1. The van der Waals surface area contributed by atoms with E-state index in [9.17, 15) is 4.79 Å². The van der Waals surface area contributed by atoms with Gasteiger partial charge in [0.05, 0.1) is 0 Å². The molecule has 0 spiro atoms. The lowest BCUT2D eigenvalue weighted by atomic mass is 10.2. The third kappa shape index (κ3) is 2.75. The number of thioether (sulfide) groups is 2. The molecule has 0 aliphatic heterocycles. The highest BCUT2D eigenvalue weighted by Gasteiger charge is 2.35. The molecule has 0 heterocycles. The van der Waals surface area contributed by atoms with Crippen molar-refractivity contribution in [3.05, 3.63) is 12.7 Å². The predicted molar refractivity (Wildman–Crippen MR) is 56.8 cm³/mol. The monoisotopic (exact) mass is 206 g/mol. The summed E-state index contributed by atoms with van der Waals surface area (Å²) in [5.41, 5.74) is 0. The Kier molecular flexibility index (Phi) is 5.50. The average Bonchev–Trinajstić information content (AvgIpc) is 2.07. The van der Waals surface area contributed by atoms with Gasteiger partial charge >= 0.3 is 5.97 Å². The largest absolute Gasteiger partial charge is 0.480 e. The van der Waals surface area contributed by atoms with Crippen LogP contribution in [0.4, 0.5) is 0 Å². The smallest absolute Gasteiger partial charge is 0.330 e. The second kappa shape index (κ2) is 5.54. The Morgan fingerprint density at radius 2 is 2.08 bits per heavy atom. The molecule has 4 heteroatoms. The summed E-state index contributed by atoms with van der Waals surface area (Å²) in [6.07, 6.45) is 6.79. The van der Waals surface area contributed by atoms with Gasteiger partial charge in [-0.05, 0) is 25.4 Å². The van der Waals surface area contributed by atoms with Crippen LogP contribution in [0.25, 0.3) is 0 Å². The van der Waals surface area contributed by atoms with Crippen molar-refractivity contribution in [3.8, 4) is 0 Å². The van der Waals surface area contributed by atoms with Gasteiger partial charge in [0.1, 0.15) is 0 Å². The van der Waals surface area contributed by atoms with Gasteiger partial charge in [0.25, 0.3) is 0 Å². The summed E-state index contributed by atoms with van der Waals surface area (Å²) >= 11 is 2.76. The first-order valence-electron chi connectivity index (χ1n) is 3.57. The van der Waals surface area contributed by atoms with Crippen molar-refractivity contribution < 1.29 is 9.90 Å². The van der Waals surface area contributed by atoms with Crippen LogP contribution in [0.3, 0.4) is 0 Å². The number of carboxylic acids is 1. The van der Waals surface area contributed by atoms with E-state index in [2.05, 4.69) is 6.58 Å². The van der Waals surface area contributed by atoms with Crippen LogP contribution < -0.4 is 0 Å². The fourth-order valence-electron chi connectivity index (χ4n) is 0.861. The second-order valence-electron chi connectivity index (χ2n) is 2.29. The summed E-state index contributed by atoms with van der Waals surface area (Å²) in [4.78, 5) is 10.9. The molecule has 0 unspecified atom stereocenters. The van der Waals surface area contributed by atoms with Gasteiger partial charge < -0.3 is 5.11 Å². The first-order valence-corrected chi connectivity index (χ1v) is 6.02. The molecule has 0 fully saturated rings. The van der Waals surface area contributed by atoms with Gasteiger partial charge in [-0.2, -0.15) is 0 Å². The lowest BCUT2D eigenvalue weighted by Gasteiger charge is -2.24. The molecular formula is C8H14O2S2. The minimum atomic E-state index is -0.746. The first-order chi connectivity index (χ1) is 5.63. The Bertz CT molecular complexity index is 164. The fourth-order valence-corrected chi connectivity index (χ4v) is 2.52. The van der Waals surface area contributed by atoms with Gasteiger partial charge in [-0.25, -0.2) is 4.79 Å². The molecule has 0 amide bonds. The van der Waals surface area contributed by atoms with Gasteiger partial charge in [0.15, 0.2) is 4.08 Å². The zero-order chi connectivity index (χ0) is 9.61. The normalized spacial score (nSPS) is 11.2. The van der Waals surface area contributed by atoms with Crippen LogP contribution in [0.2, 0.25) is 0 Å². The molecule has 0 saturated carbocycles. The topological polar surface area (TPSA) is 37.3 Å². The molecule has 0 atom stereocenters. The van der Waals surface area contributed by atoms with Crippen LogP contribution in [0.15, 0.2) is 12.7 Å². The van der Waals surface area contributed by atoms with Gasteiger partial charge in [-0.3, -0.25) is 0 Å². The first kappa shape index (κ1) is 11.9. The molecule has 70 valence electrons. The lowest BCUT2D eigenvalue weighted by molar-refractivity contribution is -0.137. The zero-order valence-electron chi connectivity index (χ0n) is 7.37. The van der Waals surface area contributed by atoms with E-state index in [1.807, 2.05) is 12.5 Å². The van der Waals surface area contributed by atoms with Gasteiger partial charge in [0, 0.05) is 0 Å². The Morgan fingerprint density at radius 1 is 1.58 bits per heavy atom. The highest BCUT2D eigenvalue weighted by molar-refractivity contribution is 8.18. The highest BCUT2D eigenvalue weighted by Crippen LogP contribution is 2.38. The fraction of sp³-hybridized carbons (Fsp3) is 0.625. The number of hydrogen-bond acceptors (Lipinski definition) is 3. The standard InChI is InChI=1S/C8H14O2S2/c1-4-5-6-8(11-2,12-3)7(9)10/h4H,1,5-6H2,2-3H3,(H,9,10). The number of aliphatic carboxylic acids is 1. The van der Waals surface area contributed by atoms with Crippen LogP contribution in [-0.4, -0.2) is 27.7 Å². The van der Waals surface area contributed by atoms with E-state index in [1.54, 1.807) is 6.08 Å². The van der Waals surface area contributed by atoms with Gasteiger partial charge in [0.2, 0.25) is 0 Å². The molecule has 0 aliphatic rings. The molecule has 0 radical (unpaired) electrons. The third-order valence-corrected chi connectivity index (χ3v) is 4.74. The minimum Gasteiger partial charge on any atom is -0.480 e. The summed E-state index contributed by atoms with van der Waals surface area (Å²) in [6.45, 7) is 3.58. The summed E-state index contributed by atoms with van der Waals surface area (Å²) < 4.78 is -0.686. The van der Waals surface area contributed by atoms with E-state index in [-0.39, 0.29) is 0 Å². The van der Waals surface area contributed by atoms with Crippen LogP contribution in [0, 0.1) is 0 Å². The maximum Gasteiger partial charge on any atom is 0.330 e. The van der Waals surface area contributed by atoms with E-state index in [0.717, 1.165) is 6.42 Å². The predicted octanol–water partition coefficient (Wildman–Crippen LogP) is 2.46. The van der Waals surface area contributed by atoms with Crippen molar-refractivity contribution in [2.75, 3.05) is 12.5 Å². The van der Waals surface area contributed by atoms with Crippen molar-refractivity contribution >= 4 is 29.5 Å². The minimum absolute atomic E-state index is 0.633. The Balaban J connectivity index is 4.34. The summed E-state index contributed by atoms with van der Waals surface area (Å²) in [5, 5.41) is 8.97. The molecule has 0 saturated heterocycles. The highest BCUT2D eigenvalue weighted by atomic mass is 32.2. The zero-order valence-corrected chi connectivity index (χ0v) is 9.00. The maximum atomic E-state index is 10.9.